The molecule has 0 saturated carbocycles. The Balaban J connectivity index is 1.48. The van der Waals surface area contributed by atoms with Gasteiger partial charge in [0.15, 0.2) is 6.23 Å². The van der Waals surface area contributed by atoms with Gasteiger partial charge in [-0.05, 0) is 50.3 Å². The van der Waals surface area contributed by atoms with Gasteiger partial charge in [0.25, 0.3) is 5.91 Å². The summed E-state index contributed by atoms with van der Waals surface area (Å²) in [5.74, 6) is -1.85. The van der Waals surface area contributed by atoms with Gasteiger partial charge in [-0.25, -0.2) is 9.59 Å². The lowest BCUT2D eigenvalue weighted by atomic mass is 10.0. The van der Waals surface area contributed by atoms with Gasteiger partial charge < -0.3 is 24.9 Å². The lowest BCUT2D eigenvalue weighted by molar-refractivity contribution is -0.189. The monoisotopic (exact) mass is 537 g/mol. The number of ether oxygens (including phenoxy) is 2. The number of epoxide rings is 1. The summed E-state index contributed by atoms with van der Waals surface area (Å²) in [6, 6.07) is 14.1. The molecule has 39 heavy (non-hydrogen) atoms. The molecule has 2 heterocycles. The second kappa shape index (κ2) is 11.4. The molecule has 10 heteroatoms. The molecule has 1 fully saturated rings. The van der Waals surface area contributed by atoms with Gasteiger partial charge >= 0.3 is 12.1 Å². The van der Waals surface area contributed by atoms with Crippen molar-refractivity contribution in [1.29, 1.82) is 0 Å². The van der Waals surface area contributed by atoms with Gasteiger partial charge in [0.1, 0.15) is 23.8 Å². The molecule has 3 amide bonds. The smallest absolute Gasteiger partial charge is 0.408 e. The fraction of sp³-hybridized carbons (Fsp3) is 0.448. The molecule has 1 saturated heterocycles. The first-order valence-corrected chi connectivity index (χ1v) is 13.1. The van der Waals surface area contributed by atoms with E-state index in [0.29, 0.717) is 5.56 Å². The van der Waals surface area contributed by atoms with Crippen LogP contribution in [0.4, 0.5) is 4.79 Å². The summed E-state index contributed by atoms with van der Waals surface area (Å²) < 4.78 is 10.9. The van der Waals surface area contributed by atoms with Crippen molar-refractivity contribution in [3.05, 3.63) is 71.3 Å². The maximum Gasteiger partial charge on any atom is 0.408 e. The van der Waals surface area contributed by atoms with Gasteiger partial charge in [-0.3, -0.25) is 9.59 Å². The van der Waals surface area contributed by atoms with E-state index in [1.54, 1.807) is 32.9 Å². The molecular formula is C29H35N3O7. The number of carbonyl (C=O) groups is 4. The van der Waals surface area contributed by atoms with E-state index in [-0.39, 0.29) is 24.9 Å². The molecule has 2 aromatic rings. The highest BCUT2D eigenvalue weighted by Gasteiger charge is 2.55. The molecule has 0 aromatic heterocycles. The van der Waals surface area contributed by atoms with Crippen LogP contribution in [0.2, 0.25) is 0 Å². The van der Waals surface area contributed by atoms with Crippen molar-refractivity contribution < 1.29 is 33.5 Å². The highest BCUT2D eigenvalue weighted by molar-refractivity contribution is 5.98. The average molecular weight is 538 g/mol. The standard InChI is InChI=1S/C29H35N3O7/c1-17(2)15-22(27(35)39-32-25(34)20-14-10-9-13-19(20)23-26(32)37-23)30-24(33)21(16-18-11-7-6-8-12-18)31-28(36)38-29(3,4)5/h6-14,17,21-23,26H,15-16H2,1-5H3,(H,30,33)(H,31,36)/t21-,22?,23?,26?/m0/s1. The number of nitrogens with zero attached hydrogens (tertiary/aromatic N) is 1. The number of rotatable bonds is 9. The van der Waals surface area contributed by atoms with Crippen LogP contribution >= 0.6 is 0 Å². The number of hydrogen-bond donors (Lipinski definition) is 2. The zero-order valence-corrected chi connectivity index (χ0v) is 22.8. The zero-order chi connectivity index (χ0) is 28.3. The van der Waals surface area contributed by atoms with Gasteiger partial charge in [0, 0.05) is 12.0 Å². The predicted molar refractivity (Wildman–Crippen MR) is 141 cm³/mol. The van der Waals surface area contributed by atoms with Crippen LogP contribution in [-0.4, -0.2) is 52.9 Å². The number of alkyl carbamates (subject to hydrolysis) is 1. The number of carbonyl (C=O) groups excluding carboxylic acids is 4. The molecule has 2 aromatic carbocycles. The van der Waals surface area contributed by atoms with E-state index in [0.717, 1.165) is 16.2 Å². The van der Waals surface area contributed by atoms with Crippen LogP contribution in [0.1, 0.15) is 68.6 Å². The summed E-state index contributed by atoms with van der Waals surface area (Å²) in [7, 11) is 0. The molecule has 0 bridgehead atoms. The first-order chi connectivity index (χ1) is 18.4. The van der Waals surface area contributed by atoms with Crippen LogP contribution in [0, 0.1) is 5.92 Å². The van der Waals surface area contributed by atoms with Gasteiger partial charge in [-0.1, -0.05) is 62.4 Å². The minimum atomic E-state index is -1.07. The topological polar surface area (TPSA) is 127 Å². The normalized spacial score (nSPS) is 19.3. The number of nitrogens with one attached hydrogen (secondary N) is 2. The zero-order valence-electron chi connectivity index (χ0n) is 22.8. The van der Waals surface area contributed by atoms with E-state index in [4.69, 9.17) is 14.3 Å². The largest absolute Gasteiger partial charge is 0.444 e. The fourth-order valence-corrected chi connectivity index (χ4v) is 4.40. The minimum absolute atomic E-state index is 0.0111. The molecule has 4 atom stereocenters. The molecule has 0 aliphatic carbocycles. The van der Waals surface area contributed by atoms with E-state index in [9.17, 15) is 19.2 Å². The molecule has 0 spiro atoms. The summed E-state index contributed by atoms with van der Waals surface area (Å²) in [4.78, 5) is 57.8. The molecule has 3 unspecified atom stereocenters. The number of fused-ring (bicyclic) bond motifs is 3. The Labute approximate surface area is 227 Å². The Morgan fingerprint density at radius 3 is 2.31 bits per heavy atom. The van der Waals surface area contributed by atoms with E-state index in [2.05, 4.69) is 10.6 Å². The van der Waals surface area contributed by atoms with Crippen LogP contribution in [0.15, 0.2) is 54.6 Å². The molecule has 0 radical (unpaired) electrons. The Morgan fingerprint density at radius 2 is 1.64 bits per heavy atom. The lowest BCUT2D eigenvalue weighted by Gasteiger charge is -2.28. The molecule has 2 N–H and O–H groups in total. The second-order valence-corrected chi connectivity index (χ2v) is 11.2. The van der Waals surface area contributed by atoms with Crippen molar-refractivity contribution in [3.8, 4) is 0 Å². The highest BCUT2D eigenvalue weighted by atomic mass is 16.8. The first kappa shape index (κ1) is 28.1. The Bertz CT molecular complexity index is 1220. The van der Waals surface area contributed by atoms with Crippen LogP contribution in [0.25, 0.3) is 0 Å². The molecule has 10 nitrogen and oxygen atoms in total. The Hall–Kier alpha value is -3.92. The van der Waals surface area contributed by atoms with Crippen molar-refractivity contribution in [2.24, 2.45) is 5.92 Å². The molecule has 2 aliphatic rings. The van der Waals surface area contributed by atoms with Gasteiger partial charge in [-0.15, -0.1) is 5.06 Å². The number of amides is 3. The Kier molecular flexibility index (Phi) is 8.25. The molecular weight excluding hydrogens is 502 g/mol. The quantitative estimate of drug-likeness (QED) is 0.468. The summed E-state index contributed by atoms with van der Waals surface area (Å²) in [6.07, 6.45) is -1.39. The SMILES string of the molecule is CC(C)CC(NC(=O)[C@H](Cc1ccccc1)NC(=O)OC(C)(C)C)C(=O)ON1C(=O)c2ccccc2C2OC21. The van der Waals surface area contributed by atoms with E-state index in [1.807, 2.05) is 56.3 Å². The van der Waals surface area contributed by atoms with Gasteiger partial charge in [0.2, 0.25) is 5.91 Å². The van der Waals surface area contributed by atoms with Crippen molar-refractivity contribution in [2.45, 2.75) is 77.5 Å². The lowest BCUT2D eigenvalue weighted by Crippen LogP contribution is -2.54. The summed E-state index contributed by atoms with van der Waals surface area (Å²) in [6.45, 7) is 8.97. The number of benzene rings is 2. The fourth-order valence-electron chi connectivity index (χ4n) is 4.40. The van der Waals surface area contributed by atoms with E-state index in [1.165, 1.54) is 0 Å². The summed E-state index contributed by atoms with van der Waals surface area (Å²) in [5.41, 5.74) is 1.21. The van der Waals surface area contributed by atoms with Crippen LogP contribution in [0.5, 0.6) is 0 Å². The van der Waals surface area contributed by atoms with Crippen LogP contribution in [0.3, 0.4) is 0 Å². The van der Waals surface area contributed by atoms with Crippen LogP contribution < -0.4 is 10.6 Å². The average Bonchev–Trinajstić information content (AvgIpc) is 3.66. The third kappa shape index (κ3) is 7.14. The van der Waals surface area contributed by atoms with E-state index < -0.39 is 47.8 Å². The van der Waals surface area contributed by atoms with Crippen molar-refractivity contribution >= 4 is 23.9 Å². The minimum Gasteiger partial charge on any atom is -0.444 e. The molecule has 4 rings (SSSR count). The second-order valence-electron chi connectivity index (χ2n) is 11.2. The van der Waals surface area contributed by atoms with Crippen molar-refractivity contribution in [2.75, 3.05) is 0 Å². The summed E-state index contributed by atoms with van der Waals surface area (Å²) >= 11 is 0. The molecule has 208 valence electrons. The van der Waals surface area contributed by atoms with Crippen LogP contribution in [-0.2, 0) is 30.3 Å². The van der Waals surface area contributed by atoms with Gasteiger partial charge in [0.05, 0.1) is 0 Å². The number of hydrogen-bond acceptors (Lipinski definition) is 7. The van der Waals surface area contributed by atoms with Crippen molar-refractivity contribution in [3.63, 3.8) is 0 Å². The highest BCUT2D eigenvalue weighted by Crippen LogP contribution is 2.46. The van der Waals surface area contributed by atoms with E-state index >= 15 is 0 Å². The third-order valence-corrected chi connectivity index (χ3v) is 6.18. The van der Waals surface area contributed by atoms with Crippen molar-refractivity contribution in [1.82, 2.24) is 15.7 Å². The Morgan fingerprint density at radius 1 is 0.974 bits per heavy atom. The van der Waals surface area contributed by atoms with Gasteiger partial charge in [-0.2, -0.15) is 0 Å². The summed E-state index contributed by atoms with van der Waals surface area (Å²) in [5, 5.41) is 6.29. The third-order valence-electron chi connectivity index (χ3n) is 6.18. The maximum atomic E-state index is 13.4. The first-order valence-electron chi connectivity index (χ1n) is 13.1. The maximum absolute atomic E-state index is 13.4. The predicted octanol–water partition coefficient (Wildman–Crippen LogP) is 3.66. The number of hydroxylamine groups is 2. The molecule has 2 aliphatic heterocycles.